The number of carboxylic acids is 1. The molecule has 0 bridgehead atoms. The zero-order valence-electron chi connectivity index (χ0n) is 12.2. The van der Waals surface area contributed by atoms with Crippen molar-refractivity contribution in [3.63, 3.8) is 0 Å². The average Bonchev–Trinajstić information content (AvgIpc) is 2.49. The van der Waals surface area contributed by atoms with Crippen molar-refractivity contribution in [3.8, 4) is 5.75 Å². The Kier molecular flexibility index (Phi) is 3.82. The van der Waals surface area contributed by atoms with Gasteiger partial charge in [0.2, 0.25) is 0 Å². The minimum Gasteiger partial charge on any atom is -0.490 e. The Morgan fingerprint density at radius 2 is 1.71 bits per heavy atom. The minimum absolute atomic E-state index is 0.317. The molecule has 1 N–H and O–H groups in total. The predicted octanol–water partition coefficient (Wildman–Crippen LogP) is 4.50. The number of carbonyl (C=O) groups is 1. The first-order valence-electron chi connectivity index (χ1n) is 7.55. The van der Waals surface area contributed by atoms with Crippen LogP contribution in [0, 0.1) is 5.92 Å². The van der Waals surface area contributed by atoms with Gasteiger partial charge in [-0.25, -0.2) is 4.79 Å². The number of aromatic carboxylic acids is 1. The second kappa shape index (κ2) is 5.76. The van der Waals surface area contributed by atoms with E-state index in [1.54, 1.807) is 12.1 Å². The SMILES string of the molecule is CC1CCC(Oc2ccc3cc(C(=O)O)ccc3c2)CC1. The van der Waals surface area contributed by atoms with Gasteiger partial charge in [0.15, 0.2) is 0 Å². The van der Waals surface area contributed by atoms with E-state index in [9.17, 15) is 4.79 Å². The molecule has 0 spiro atoms. The van der Waals surface area contributed by atoms with Gasteiger partial charge in [0.05, 0.1) is 11.7 Å². The lowest BCUT2D eigenvalue weighted by molar-refractivity contribution is 0.0697. The van der Waals surface area contributed by atoms with Gasteiger partial charge in [0, 0.05) is 0 Å². The Balaban J connectivity index is 1.78. The number of rotatable bonds is 3. The van der Waals surface area contributed by atoms with E-state index in [0.717, 1.165) is 35.3 Å². The molecule has 3 heteroatoms. The van der Waals surface area contributed by atoms with Crippen LogP contribution in [0.4, 0.5) is 0 Å². The molecule has 1 aliphatic rings. The van der Waals surface area contributed by atoms with Gasteiger partial charge in [0.25, 0.3) is 0 Å². The monoisotopic (exact) mass is 284 g/mol. The first kappa shape index (κ1) is 13.9. The normalized spacial score (nSPS) is 22.1. The summed E-state index contributed by atoms with van der Waals surface area (Å²) in [5, 5.41) is 11.0. The van der Waals surface area contributed by atoms with Gasteiger partial charge < -0.3 is 9.84 Å². The van der Waals surface area contributed by atoms with Crippen molar-refractivity contribution >= 4 is 16.7 Å². The summed E-state index contributed by atoms with van der Waals surface area (Å²) in [6, 6.07) is 11.0. The molecule has 21 heavy (non-hydrogen) atoms. The van der Waals surface area contributed by atoms with E-state index in [2.05, 4.69) is 6.92 Å². The number of ether oxygens (including phenoxy) is 1. The van der Waals surface area contributed by atoms with Gasteiger partial charge in [-0.1, -0.05) is 19.1 Å². The fourth-order valence-corrected chi connectivity index (χ4v) is 2.97. The Hall–Kier alpha value is -2.03. The lowest BCUT2D eigenvalue weighted by atomic mass is 9.89. The van der Waals surface area contributed by atoms with Crippen LogP contribution in [0.15, 0.2) is 36.4 Å². The molecule has 1 saturated carbocycles. The lowest BCUT2D eigenvalue weighted by Gasteiger charge is -2.27. The number of benzene rings is 2. The molecule has 0 amide bonds. The zero-order chi connectivity index (χ0) is 14.8. The van der Waals surface area contributed by atoms with E-state index in [0.29, 0.717) is 11.7 Å². The maximum absolute atomic E-state index is 11.0. The first-order valence-corrected chi connectivity index (χ1v) is 7.55. The summed E-state index contributed by atoms with van der Waals surface area (Å²) in [6.07, 6.45) is 5.03. The molecule has 1 aliphatic carbocycles. The van der Waals surface area contributed by atoms with E-state index in [4.69, 9.17) is 9.84 Å². The third-order valence-corrected chi connectivity index (χ3v) is 4.32. The fraction of sp³-hybridized carbons (Fsp3) is 0.389. The number of hydrogen-bond acceptors (Lipinski definition) is 2. The maximum Gasteiger partial charge on any atom is 0.335 e. The average molecular weight is 284 g/mol. The summed E-state index contributed by atoms with van der Waals surface area (Å²) in [7, 11) is 0. The van der Waals surface area contributed by atoms with Crippen molar-refractivity contribution in [1.29, 1.82) is 0 Å². The van der Waals surface area contributed by atoms with Crippen molar-refractivity contribution in [1.82, 2.24) is 0 Å². The van der Waals surface area contributed by atoms with E-state index in [-0.39, 0.29) is 0 Å². The highest BCUT2D eigenvalue weighted by atomic mass is 16.5. The first-order chi connectivity index (χ1) is 10.1. The van der Waals surface area contributed by atoms with Gasteiger partial charge in [-0.3, -0.25) is 0 Å². The molecule has 3 nitrogen and oxygen atoms in total. The molecular weight excluding hydrogens is 264 g/mol. The van der Waals surface area contributed by atoms with E-state index in [1.165, 1.54) is 12.8 Å². The minimum atomic E-state index is -0.895. The van der Waals surface area contributed by atoms with Gasteiger partial charge in [0.1, 0.15) is 5.75 Å². The Bertz CT molecular complexity index is 655. The predicted molar refractivity (Wildman–Crippen MR) is 83.0 cm³/mol. The van der Waals surface area contributed by atoms with Crippen molar-refractivity contribution in [2.24, 2.45) is 5.92 Å². The van der Waals surface area contributed by atoms with E-state index in [1.807, 2.05) is 24.3 Å². The molecule has 2 aromatic carbocycles. The van der Waals surface area contributed by atoms with Gasteiger partial charge in [-0.2, -0.15) is 0 Å². The molecule has 2 aromatic rings. The van der Waals surface area contributed by atoms with Crippen LogP contribution in [0.5, 0.6) is 5.75 Å². The van der Waals surface area contributed by atoms with Crippen LogP contribution in [0.25, 0.3) is 10.8 Å². The standard InChI is InChI=1S/C18H20O3/c1-12-2-7-16(8-3-12)21-17-9-6-13-10-15(18(19)20)5-4-14(13)11-17/h4-6,9-12,16H,2-3,7-8H2,1H3,(H,19,20). The molecule has 0 heterocycles. The zero-order valence-corrected chi connectivity index (χ0v) is 12.2. The molecular formula is C18H20O3. The third-order valence-electron chi connectivity index (χ3n) is 4.32. The van der Waals surface area contributed by atoms with Crippen LogP contribution in [-0.2, 0) is 0 Å². The fourth-order valence-electron chi connectivity index (χ4n) is 2.97. The molecule has 3 rings (SSSR count). The van der Waals surface area contributed by atoms with Crippen molar-refractivity contribution < 1.29 is 14.6 Å². The topological polar surface area (TPSA) is 46.5 Å². The maximum atomic E-state index is 11.0. The number of hydrogen-bond donors (Lipinski definition) is 1. The Labute approximate surface area is 124 Å². The molecule has 1 fully saturated rings. The van der Waals surface area contributed by atoms with Crippen LogP contribution < -0.4 is 4.74 Å². The van der Waals surface area contributed by atoms with Crippen molar-refractivity contribution in [3.05, 3.63) is 42.0 Å². The van der Waals surface area contributed by atoms with Crippen LogP contribution in [0.3, 0.4) is 0 Å². The van der Waals surface area contributed by atoms with E-state index < -0.39 is 5.97 Å². The smallest absolute Gasteiger partial charge is 0.335 e. The molecule has 0 radical (unpaired) electrons. The molecule has 110 valence electrons. The largest absolute Gasteiger partial charge is 0.490 e. The highest BCUT2D eigenvalue weighted by molar-refractivity contribution is 5.94. The highest BCUT2D eigenvalue weighted by Crippen LogP contribution is 2.29. The summed E-state index contributed by atoms with van der Waals surface area (Å²) in [6.45, 7) is 2.30. The quantitative estimate of drug-likeness (QED) is 0.903. The van der Waals surface area contributed by atoms with Crippen LogP contribution in [0.1, 0.15) is 43.0 Å². The summed E-state index contributed by atoms with van der Waals surface area (Å²) in [4.78, 5) is 11.0. The second-order valence-electron chi connectivity index (χ2n) is 6.03. The summed E-state index contributed by atoms with van der Waals surface area (Å²) < 4.78 is 6.07. The highest BCUT2D eigenvalue weighted by Gasteiger charge is 2.19. The Morgan fingerprint density at radius 1 is 1.05 bits per heavy atom. The van der Waals surface area contributed by atoms with Crippen LogP contribution >= 0.6 is 0 Å². The number of fused-ring (bicyclic) bond motifs is 1. The van der Waals surface area contributed by atoms with Crippen LogP contribution in [0.2, 0.25) is 0 Å². The molecule has 0 aromatic heterocycles. The lowest BCUT2D eigenvalue weighted by Crippen LogP contribution is -2.22. The summed E-state index contributed by atoms with van der Waals surface area (Å²) >= 11 is 0. The summed E-state index contributed by atoms with van der Waals surface area (Å²) in [5.41, 5.74) is 0.317. The van der Waals surface area contributed by atoms with Gasteiger partial charge in [-0.15, -0.1) is 0 Å². The van der Waals surface area contributed by atoms with E-state index >= 15 is 0 Å². The molecule has 0 atom stereocenters. The molecule has 0 saturated heterocycles. The molecule has 0 unspecified atom stereocenters. The van der Waals surface area contributed by atoms with Crippen molar-refractivity contribution in [2.75, 3.05) is 0 Å². The third kappa shape index (κ3) is 3.18. The molecule has 0 aliphatic heterocycles. The number of carboxylic acid groups (broad SMARTS) is 1. The van der Waals surface area contributed by atoms with Crippen molar-refractivity contribution in [2.45, 2.75) is 38.7 Å². The summed E-state index contributed by atoms with van der Waals surface area (Å²) in [5.74, 6) is 0.801. The van der Waals surface area contributed by atoms with Gasteiger partial charge in [-0.05, 0) is 66.6 Å². The second-order valence-corrected chi connectivity index (χ2v) is 6.03. The Morgan fingerprint density at radius 3 is 2.43 bits per heavy atom. The van der Waals surface area contributed by atoms with Gasteiger partial charge >= 0.3 is 5.97 Å². The van der Waals surface area contributed by atoms with Crippen LogP contribution in [-0.4, -0.2) is 17.2 Å².